The van der Waals surface area contributed by atoms with Crippen molar-refractivity contribution < 1.29 is 9.47 Å². The quantitative estimate of drug-likeness (QED) is 0.426. The van der Waals surface area contributed by atoms with Crippen molar-refractivity contribution in [3.05, 3.63) is 86.4 Å². The third-order valence-electron chi connectivity index (χ3n) is 4.38. The number of benzene rings is 3. The molecule has 28 heavy (non-hydrogen) atoms. The first kappa shape index (κ1) is 20.7. The standard InChI is InChI=1S/C22H20Cl3NO2/c1-14-5-3-4-6-15(14)13-28-22-11-19(24)16(9-21(22)27-2)12-26-17-7-8-18(23)20(25)10-17/h3-11,26H,12-13H2,1-2H3. The molecule has 0 saturated carbocycles. The Morgan fingerprint density at radius 3 is 2.32 bits per heavy atom. The molecule has 3 nitrogen and oxygen atoms in total. The van der Waals surface area contributed by atoms with E-state index in [0.717, 1.165) is 16.8 Å². The molecule has 6 heteroatoms. The largest absolute Gasteiger partial charge is 0.493 e. The molecule has 0 amide bonds. The summed E-state index contributed by atoms with van der Waals surface area (Å²) in [6.45, 7) is 3.01. The van der Waals surface area contributed by atoms with E-state index in [4.69, 9.17) is 44.3 Å². The minimum atomic E-state index is 0.445. The van der Waals surface area contributed by atoms with Crippen LogP contribution in [0.4, 0.5) is 5.69 Å². The highest BCUT2D eigenvalue weighted by atomic mass is 35.5. The summed E-state index contributed by atoms with van der Waals surface area (Å²) in [4.78, 5) is 0. The van der Waals surface area contributed by atoms with E-state index in [0.29, 0.717) is 39.7 Å². The number of nitrogens with one attached hydrogen (secondary N) is 1. The summed E-state index contributed by atoms with van der Waals surface area (Å²) < 4.78 is 11.5. The summed E-state index contributed by atoms with van der Waals surface area (Å²) in [5.74, 6) is 1.23. The van der Waals surface area contributed by atoms with Crippen LogP contribution in [0.2, 0.25) is 15.1 Å². The van der Waals surface area contributed by atoms with E-state index < -0.39 is 0 Å². The van der Waals surface area contributed by atoms with Gasteiger partial charge in [0.1, 0.15) is 6.61 Å². The Labute approximate surface area is 180 Å². The summed E-state index contributed by atoms with van der Waals surface area (Å²) in [5.41, 5.74) is 4.03. The molecule has 146 valence electrons. The van der Waals surface area contributed by atoms with Gasteiger partial charge < -0.3 is 14.8 Å². The van der Waals surface area contributed by atoms with Gasteiger partial charge in [0, 0.05) is 23.3 Å². The molecule has 0 radical (unpaired) electrons. The van der Waals surface area contributed by atoms with Crippen LogP contribution in [0.1, 0.15) is 16.7 Å². The van der Waals surface area contributed by atoms with Gasteiger partial charge in [-0.15, -0.1) is 0 Å². The highest BCUT2D eigenvalue weighted by molar-refractivity contribution is 6.42. The molecule has 0 aliphatic heterocycles. The van der Waals surface area contributed by atoms with Gasteiger partial charge in [-0.25, -0.2) is 0 Å². The van der Waals surface area contributed by atoms with Crippen molar-refractivity contribution in [2.75, 3.05) is 12.4 Å². The summed E-state index contributed by atoms with van der Waals surface area (Å²) >= 11 is 18.5. The number of halogens is 3. The van der Waals surface area contributed by atoms with Gasteiger partial charge in [-0.1, -0.05) is 59.1 Å². The average Bonchev–Trinajstić information content (AvgIpc) is 2.69. The predicted octanol–water partition coefficient (Wildman–Crippen LogP) is 7.15. The minimum absolute atomic E-state index is 0.445. The molecule has 3 aromatic rings. The lowest BCUT2D eigenvalue weighted by atomic mass is 10.1. The molecule has 3 rings (SSSR count). The molecule has 0 fully saturated rings. The van der Waals surface area contributed by atoms with Crippen molar-refractivity contribution >= 4 is 40.5 Å². The van der Waals surface area contributed by atoms with Gasteiger partial charge in [-0.2, -0.15) is 0 Å². The number of aryl methyl sites for hydroxylation is 1. The summed E-state index contributed by atoms with van der Waals surface area (Å²) in [6.07, 6.45) is 0. The Kier molecular flexibility index (Phi) is 6.95. The lowest BCUT2D eigenvalue weighted by Gasteiger charge is -2.15. The highest BCUT2D eigenvalue weighted by Crippen LogP contribution is 2.34. The molecule has 1 N–H and O–H groups in total. The fraction of sp³-hybridized carbons (Fsp3) is 0.182. The summed E-state index contributed by atoms with van der Waals surface area (Å²) in [6, 6.07) is 17.1. The van der Waals surface area contributed by atoms with Crippen molar-refractivity contribution in [1.82, 2.24) is 0 Å². The Morgan fingerprint density at radius 2 is 1.61 bits per heavy atom. The maximum absolute atomic E-state index is 6.47. The third-order valence-corrected chi connectivity index (χ3v) is 5.47. The molecule has 3 aromatic carbocycles. The lowest BCUT2D eigenvalue weighted by molar-refractivity contribution is 0.284. The van der Waals surface area contributed by atoms with E-state index in [1.807, 2.05) is 30.3 Å². The van der Waals surface area contributed by atoms with Gasteiger partial charge >= 0.3 is 0 Å². The maximum Gasteiger partial charge on any atom is 0.163 e. The van der Waals surface area contributed by atoms with Gasteiger partial charge in [0.15, 0.2) is 11.5 Å². The zero-order valence-corrected chi connectivity index (χ0v) is 17.8. The average molecular weight is 437 g/mol. The Morgan fingerprint density at radius 1 is 0.821 bits per heavy atom. The van der Waals surface area contributed by atoms with Crippen LogP contribution in [0.15, 0.2) is 54.6 Å². The van der Waals surface area contributed by atoms with Gasteiger partial charge in [-0.05, 0) is 47.9 Å². The third kappa shape index (κ3) is 5.05. The number of hydrogen-bond donors (Lipinski definition) is 1. The second kappa shape index (κ2) is 9.42. The SMILES string of the molecule is COc1cc(CNc2ccc(Cl)c(Cl)c2)c(Cl)cc1OCc1ccccc1C. The van der Waals surface area contributed by atoms with Gasteiger partial charge in [0.25, 0.3) is 0 Å². The zero-order chi connectivity index (χ0) is 20.1. The van der Waals surface area contributed by atoms with E-state index in [-0.39, 0.29) is 0 Å². The van der Waals surface area contributed by atoms with Gasteiger partial charge in [0.2, 0.25) is 0 Å². The summed E-state index contributed by atoms with van der Waals surface area (Å²) in [5, 5.41) is 4.88. The van der Waals surface area contributed by atoms with Crippen LogP contribution >= 0.6 is 34.8 Å². The molecule has 0 bridgehead atoms. The Bertz CT molecular complexity index is 976. The second-order valence-electron chi connectivity index (χ2n) is 6.29. The lowest BCUT2D eigenvalue weighted by Crippen LogP contribution is -2.03. The van der Waals surface area contributed by atoms with Crippen molar-refractivity contribution in [2.24, 2.45) is 0 Å². The highest BCUT2D eigenvalue weighted by Gasteiger charge is 2.12. The van der Waals surface area contributed by atoms with Crippen LogP contribution in [0, 0.1) is 6.92 Å². The zero-order valence-electron chi connectivity index (χ0n) is 15.6. The molecular formula is C22H20Cl3NO2. The molecule has 0 spiro atoms. The molecule has 0 unspecified atom stereocenters. The number of anilines is 1. The first-order valence-electron chi connectivity index (χ1n) is 8.70. The molecular weight excluding hydrogens is 417 g/mol. The van der Waals surface area contributed by atoms with E-state index in [9.17, 15) is 0 Å². The van der Waals surface area contributed by atoms with Crippen LogP contribution in [0.25, 0.3) is 0 Å². The van der Waals surface area contributed by atoms with Crippen LogP contribution < -0.4 is 14.8 Å². The molecule has 0 atom stereocenters. The Balaban J connectivity index is 1.73. The molecule has 0 saturated heterocycles. The van der Waals surface area contributed by atoms with Crippen molar-refractivity contribution in [2.45, 2.75) is 20.1 Å². The minimum Gasteiger partial charge on any atom is -0.493 e. The van der Waals surface area contributed by atoms with E-state index >= 15 is 0 Å². The molecule has 0 aliphatic rings. The van der Waals surface area contributed by atoms with Crippen molar-refractivity contribution in [1.29, 1.82) is 0 Å². The summed E-state index contributed by atoms with van der Waals surface area (Å²) in [7, 11) is 1.61. The van der Waals surface area contributed by atoms with Gasteiger partial charge in [0.05, 0.1) is 17.2 Å². The van der Waals surface area contributed by atoms with Crippen LogP contribution in [-0.2, 0) is 13.2 Å². The number of methoxy groups -OCH3 is 1. The predicted molar refractivity (Wildman–Crippen MR) is 117 cm³/mol. The molecule has 0 aromatic heterocycles. The number of rotatable bonds is 7. The van der Waals surface area contributed by atoms with Crippen molar-refractivity contribution in [3.8, 4) is 11.5 Å². The first-order valence-corrected chi connectivity index (χ1v) is 9.84. The molecule has 0 heterocycles. The fourth-order valence-electron chi connectivity index (χ4n) is 2.72. The second-order valence-corrected chi connectivity index (χ2v) is 7.51. The van der Waals surface area contributed by atoms with E-state index in [2.05, 4.69) is 18.3 Å². The van der Waals surface area contributed by atoms with Crippen LogP contribution in [-0.4, -0.2) is 7.11 Å². The van der Waals surface area contributed by atoms with Crippen LogP contribution in [0.3, 0.4) is 0 Å². The van der Waals surface area contributed by atoms with E-state index in [1.54, 1.807) is 25.3 Å². The van der Waals surface area contributed by atoms with Crippen LogP contribution in [0.5, 0.6) is 11.5 Å². The monoisotopic (exact) mass is 435 g/mol. The number of ether oxygens (including phenoxy) is 2. The fourth-order valence-corrected chi connectivity index (χ4v) is 3.23. The maximum atomic E-state index is 6.47. The van der Waals surface area contributed by atoms with Crippen molar-refractivity contribution in [3.63, 3.8) is 0 Å². The van der Waals surface area contributed by atoms with Gasteiger partial charge in [-0.3, -0.25) is 0 Å². The Hall–Kier alpha value is -2.07. The topological polar surface area (TPSA) is 30.5 Å². The first-order chi connectivity index (χ1) is 13.5. The van der Waals surface area contributed by atoms with E-state index in [1.165, 1.54) is 5.56 Å². The molecule has 0 aliphatic carbocycles. The number of hydrogen-bond acceptors (Lipinski definition) is 3. The smallest absolute Gasteiger partial charge is 0.163 e. The normalized spacial score (nSPS) is 10.6.